The number of ether oxygens (including phenoxy) is 1. The second kappa shape index (κ2) is 5.95. The smallest absolute Gasteiger partial charge is 0.297 e. The van der Waals surface area contributed by atoms with Crippen LogP contribution in [0.15, 0.2) is 35.7 Å². The predicted octanol–water partition coefficient (Wildman–Crippen LogP) is 2.07. The van der Waals surface area contributed by atoms with Gasteiger partial charge in [0.05, 0.1) is 17.6 Å². The SMILES string of the molecule is C=Cc1ccc(S(=O)(=O)OC(C)COC)cc1. The largest absolute Gasteiger partial charge is 0.382 e. The topological polar surface area (TPSA) is 52.6 Å². The quantitative estimate of drug-likeness (QED) is 0.731. The number of benzene rings is 1. The number of hydrogen-bond donors (Lipinski definition) is 0. The van der Waals surface area contributed by atoms with Crippen LogP contribution in [0.3, 0.4) is 0 Å². The average Bonchev–Trinajstić information content (AvgIpc) is 2.28. The van der Waals surface area contributed by atoms with Crippen LogP contribution in [-0.2, 0) is 19.0 Å². The normalized spacial score (nSPS) is 13.3. The van der Waals surface area contributed by atoms with Crippen LogP contribution >= 0.6 is 0 Å². The van der Waals surface area contributed by atoms with Crippen LogP contribution in [-0.4, -0.2) is 28.2 Å². The lowest BCUT2D eigenvalue weighted by molar-refractivity contribution is 0.0962. The molecular weight excluding hydrogens is 240 g/mol. The summed E-state index contributed by atoms with van der Waals surface area (Å²) in [7, 11) is -2.23. The van der Waals surface area contributed by atoms with Crippen LogP contribution < -0.4 is 0 Å². The van der Waals surface area contributed by atoms with Gasteiger partial charge in [0, 0.05) is 7.11 Å². The van der Waals surface area contributed by atoms with E-state index in [0.29, 0.717) is 0 Å². The third-order valence-electron chi connectivity index (χ3n) is 2.10. The van der Waals surface area contributed by atoms with Crippen molar-refractivity contribution in [2.45, 2.75) is 17.9 Å². The van der Waals surface area contributed by atoms with Crippen molar-refractivity contribution in [3.63, 3.8) is 0 Å². The van der Waals surface area contributed by atoms with Gasteiger partial charge in [0.15, 0.2) is 0 Å². The fraction of sp³-hybridized carbons (Fsp3) is 0.333. The van der Waals surface area contributed by atoms with Gasteiger partial charge in [-0.05, 0) is 24.6 Å². The molecule has 0 fully saturated rings. The predicted molar refractivity (Wildman–Crippen MR) is 66.1 cm³/mol. The van der Waals surface area contributed by atoms with Crippen molar-refractivity contribution in [3.05, 3.63) is 36.4 Å². The van der Waals surface area contributed by atoms with Gasteiger partial charge < -0.3 is 4.74 Å². The molecule has 0 aliphatic rings. The molecule has 0 bridgehead atoms. The molecule has 1 unspecified atom stereocenters. The summed E-state index contributed by atoms with van der Waals surface area (Å²) in [6, 6.07) is 6.33. The van der Waals surface area contributed by atoms with E-state index in [0.717, 1.165) is 5.56 Å². The minimum atomic E-state index is -3.72. The molecule has 1 aromatic rings. The molecule has 0 radical (unpaired) electrons. The van der Waals surface area contributed by atoms with E-state index in [1.54, 1.807) is 25.1 Å². The van der Waals surface area contributed by atoms with E-state index in [9.17, 15) is 8.42 Å². The van der Waals surface area contributed by atoms with E-state index in [1.165, 1.54) is 19.2 Å². The first-order valence-corrected chi connectivity index (χ1v) is 6.55. The minimum absolute atomic E-state index is 0.131. The molecule has 0 aliphatic carbocycles. The summed E-state index contributed by atoms with van der Waals surface area (Å²) >= 11 is 0. The van der Waals surface area contributed by atoms with Gasteiger partial charge in [0.25, 0.3) is 10.1 Å². The van der Waals surface area contributed by atoms with Crippen LogP contribution in [0.1, 0.15) is 12.5 Å². The van der Waals surface area contributed by atoms with Gasteiger partial charge in [-0.25, -0.2) is 0 Å². The summed E-state index contributed by atoms with van der Waals surface area (Å²) in [5.41, 5.74) is 0.855. The monoisotopic (exact) mass is 256 g/mol. The standard InChI is InChI=1S/C12H16O4S/c1-4-11-5-7-12(8-6-11)17(13,14)16-10(2)9-15-3/h4-8,10H,1,9H2,2-3H3. The van der Waals surface area contributed by atoms with Crippen molar-refractivity contribution in [1.82, 2.24) is 0 Å². The van der Waals surface area contributed by atoms with Gasteiger partial charge in [-0.1, -0.05) is 24.8 Å². The first-order valence-electron chi connectivity index (χ1n) is 5.14. The summed E-state index contributed by atoms with van der Waals surface area (Å²) < 4.78 is 33.4. The summed E-state index contributed by atoms with van der Waals surface area (Å²) in [5.74, 6) is 0. The Labute approximate surface area is 102 Å². The third kappa shape index (κ3) is 3.96. The second-order valence-electron chi connectivity index (χ2n) is 3.59. The Morgan fingerprint density at radius 1 is 1.35 bits per heavy atom. The maximum absolute atomic E-state index is 11.8. The van der Waals surface area contributed by atoms with Crippen LogP contribution in [0.25, 0.3) is 6.08 Å². The maximum atomic E-state index is 11.8. The molecule has 1 aromatic carbocycles. The molecule has 5 heteroatoms. The van der Waals surface area contributed by atoms with Crippen LogP contribution in [0, 0.1) is 0 Å². The van der Waals surface area contributed by atoms with E-state index in [1.807, 2.05) is 0 Å². The first-order chi connectivity index (χ1) is 7.99. The van der Waals surface area contributed by atoms with Crippen molar-refractivity contribution in [2.75, 3.05) is 13.7 Å². The van der Waals surface area contributed by atoms with Crippen molar-refractivity contribution in [1.29, 1.82) is 0 Å². The van der Waals surface area contributed by atoms with E-state index >= 15 is 0 Å². The van der Waals surface area contributed by atoms with E-state index in [4.69, 9.17) is 8.92 Å². The number of rotatable bonds is 6. The highest BCUT2D eigenvalue weighted by molar-refractivity contribution is 7.86. The number of hydrogen-bond acceptors (Lipinski definition) is 4. The molecule has 0 saturated heterocycles. The van der Waals surface area contributed by atoms with E-state index in [-0.39, 0.29) is 11.5 Å². The zero-order valence-corrected chi connectivity index (χ0v) is 10.7. The van der Waals surface area contributed by atoms with Crippen molar-refractivity contribution in [3.8, 4) is 0 Å². The average molecular weight is 256 g/mol. The zero-order valence-electron chi connectivity index (χ0n) is 9.92. The molecule has 0 aromatic heterocycles. The van der Waals surface area contributed by atoms with E-state index < -0.39 is 16.2 Å². The highest BCUT2D eigenvalue weighted by atomic mass is 32.2. The summed E-state index contributed by atoms with van der Waals surface area (Å²) in [6.07, 6.45) is 1.13. The van der Waals surface area contributed by atoms with Gasteiger partial charge in [0.1, 0.15) is 0 Å². The molecule has 0 heterocycles. The minimum Gasteiger partial charge on any atom is -0.382 e. The lowest BCUT2D eigenvalue weighted by Gasteiger charge is -2.11. The maximum Gasteiger partial charge on any atom is 0.297 e. The number of methoxy groups -OCH3 is 1. The molecule has 4 nitrogen and oxygen atoms in total. The Morgan fingerprint density at radius 3 is 2.41 bits per heavy atom. The molecule has 0 aliphatic heterocycles. The molecule has 1 rings (SSSR count). The van der Waals surface area contributed by atoms with Gasteiger partial charge >= 0.3 is 0 Å². The lowest BCUT2D eigenvalue weighted by Crippen LogP contribution is -2.20. The first kappa shape index (κ1) is 13.9. The molecule has 0 saturated carbocycles. The molecule has 17 heavy (non-hydrogen) atoms. The molecule has 1 atom stereocenters. The van der Waals surface area contributed by atoms with Crippen molar-refractivity contribution in [2.24, 2.45) is 0 Å². The molecular formula is C12H16O4S. The highest BCUT2D eigenvalue weighted by Gasteiger charge is 2.18. The molecule has 0 N–H and O–H groups in total. The summed E-state index contributed by atoms with van der Waals surface area (Å²) in [5, 5.41) is 0. The Hall–Kier alpha value is -1.17. The van der Waals surface area contributed by atoms with E-state index in [2.05, 4.69) is 6.58 Å². The van der Waals surface area contributed by atoms with Crippen molar-refractivity contribution >= 4 is 16.2 Å². The van der Waals surface area contributed by atoms with Gasteiger partial charge in [-0.3, -0.25) is 4.18 Å². The third-order valence-corrected chi connectivity index (χ3v) is 3.53. The summed E-state index contributed by atoms with van der Waals surface area (Å²) in [4.78, 5) is 0.131. The molecule has 0 amide bonds. The Morgan fingerprint density at radius 2 is 1.94 bits per heavy atom. The van der Waals surface area contributed by atoms with Crippen molar-refractivity contribution < 1.29 is 17.3 Å². The molecule has 94 valence electrons. The van der Waals surface area contributed by atoms with Crippen LogP contribution in [0.2, 0.25) is 0 Å². The summed E-state index contributed by atoms with van der Waals surface area (Å²) in [6.45, 7) is 5.46. The fourth-order valence-corrected chi connectivity index (χ4v) is 2.37. The second-order valence-corrected chi connectivity index (χ2v) is 5.16. The van der Waals surface area contributed by atoms with Gasteiger partial charge in [0.2, 0.25) is 0 Å². The van der Waals surface area contributed by atoms with Crippen LogP contribution in [0.5, 0.6) is 0 Å². The molecule has 0 spiro atoms. The van der Waals surface area contributed by atoms with Crippen LogP contribution in [0.4, 0.5) is 0 Å². The zero-order chi connectivity index (χ0) is 12.9. The Balaban J connectivity index is 2.85. The lowest BCUT2D eigenvalue weighted by atomic mass is 10.2. The van der Waals surface area contributed by atoms with Gasteiger partial charge in [-0.2, -0.15) is 8.42 Å². The Bertz CT molecular complexity index is 462. The fourth-order valence-electron chi connectivity index (χ4n) is 1.30. The van der Waals surface area contributed by atoms with Gasteiger partial charge in [-0.15, -0.1) is 0 Å². The highest BCUT2D eigenvalue weighted by Crippen LogP contribution is 2.15. The Kier molecular flexibility index (Phi) is 4.86.